The molecule has 3 aromatic rings. The number of aromatic amines is 1. The van der Waals surface area contributed by atoms with Crippen molar-refractivity contribution in [2.75, 3.05) is 7.11 Å². The van der Waals surface area contributed by atoms with Crippen molar-refractivity contribution in [3.63, 3.8) is 0 Å². The average Bonchev–Trinajstić information content (AvgIpc) is 3.29. The van der Waals surface area contributed by atoms with Gasteiger partial charge >= 0.3 is 0 Å². The second-order valence-electron chi connectivity index (χ2n) is 5.46. The van der Waals surface area contributed by atoms with Gasteiger partial charge in [0.1, 0.15) is 17.4 Å². The molecule has 3 N–H and O–H groups in total. The van der Waals surface area contributed by atoms with Gasteiger partial charge in [0, 0.05) is 5.56 Å². The van der Waals surface area contributed by atoms with E-state index in [-0.39, 0.29) is 5.88 Å². The topological polar surface area (TPSA) is 96.9 Å². The Morgan fingerprint density at radius 1 is 1.32 bits per heavy atom. The van der Waals surface area contributed by atoms with E-state index in [0.29, 0.717) is 17.2 Å². The smallest absolute Gasteiger partial charge is 0.244 e. The summed E-state index contributed by atoms with van der Waals surface area (Å²) in [5.41, 5.74) is 8.79. The van der Waals surface area contributed by atoms with Crippen molar-refractivity contribution >= 4 is 11.3 Å². The van der Waals surface area contributed by atoms with E-state index in [1.54, 1.807) is 18.4 Å². The molecule has 0 unspecified atom stereocenters. The van der Waals surface area contributed by atoms with Crippen LogP contribution in [-0.2, 0) is 0 Å². The van der Waals surface area contributed by atoms with Gasteiger partial charge in [0.15, 0.2) is 0 Å². The average molecular weight is 350 g/mol. The van der Waals surface area contributed by atoms with Crippen LogP contribution in [0.3, 0.4) is 0 Å². The summed E-state index contributed by atoms with van der Waals surface area (Å²) in [5.74, 6) is 0.714. The number of nitrogens with one attached hydrogen (secondary N) is 1. The number of nitrogens with zero attached hydrogens (tertiary/aromatic N) is 2. The van der Waals surface area contributed by atoms with E-state index in [2.05, 4.69) is 16.3 Å². The highest BCUT2D eigenvalue weighted by atomic mass is 32.1. The number of para-hydroxylation sites is 1. The summed E-state index contributed by atoms with van der Waals surface area (Å²) in [4.78, 5) is 1.01. The molecule has 0 aliphatic carbocycles. The lowest BCUT2D eigenvalue weighted by Crippen LogP contribution is -2.21. The molecule has 0 bridgehead atoms. The lowest BCUT2D eigenvalue weighted by atomic mass is 9.83. The molecule has 0 amide bonds. The van der Waals surface area contributed by atoms with Crippen LogP contribution in [0.2, 0.25) is 0 Å². The van der Waals surface area contributed by atoms with Gasteiger partial charge in [-0.3, -0.25) is 5.10 Å². The van der Waals surface area contributed by atoms with Gasteiger partial charge in [-0.25, -0.2) is 0 Å². The summed E-state index contributed by atoms with van der Waals surface area (Å²) < 4.78 is 11.1. The van der Waals surface area contributed by atoms with E-state index >= 15 is 0 Å². The Labute approximate surface area is 148 Å². The van der Waals surface area contributed by atoms with Gasteiger partial charge in [-0.15, -0.1) is 16.4 Å². The molecule has 1 aromatic carbocycles. The molecule has 1 aliphatic heterocycles. The standard InChI is InChI=1S/C18H14N4O2S/c1-23-12-6-3-2-5-10(12)14-11(9-19)17(20)24-18-15(14)16(21-22-18)13-7-4-8-25-13/h2-8,14H,20H2,1H3,(H,21,22)/t14-/m0/s1. The Kier molecular flexibility index (Phi) is 3.67. The van der Waals surface area contributed by atoms with E-state index < -0.39 is 5.92 Å². The first-order valence-corrected chi connectivity index (χ1v) is 8.45. The maximum Gasteiger partial charge on any atom is 0.244 e. The van der Waals surface area contributed by atoms with Crippen LogP contribution in [0.4, 0.5) is 0 Å². The van der Waals surface area contributed by atoms with Crippen LogP contribution in [0.1, 0.15) is 17.0 Å². The predicted molar refractivity (Wildman–Crippen MR) is 94.2 cm³/mol. The number of thiophene rings is 1. The minimum atomic E-state index is -0.416. The zero-order valence-electron chi connectivity index (χ0n) is 13.3. The highest BCUT2D eigenvalue weighted by molar-refractivity contribution is 7.13. The molecule has 1 aliphatic rings. The molecule has 6 nitrogen and oxygen atoms in total. The molecule has 0 saturated carbocycles. The highest BCUT2D eigenvalue weighted by Crippen LogP contribution is 2.48. The zero-order valence-corrected chi connectivity index (χ0v) is 14.1. The minimum Gasteiger partial charge on any atom is -0.496 e. The molecule has 7 heteroatoms. The Bertz CT molecular complexity index is 999. The monoisotopic (exact) mass is 350 g/mol. The van der Waals surface area contributed by atoms with Crippen molar-refractivity contribution in [2.45, 2.75) is 5.92 Å². The number of fused-ring (bicyclic) bond motifs is 1. The zero-order chi connectivity index (χ0) is 17.4. The Balaban J connectivity index is 1.99. The number of hydrogen-bond donors (Lipinski definition) is 2. The largest absolute Gasteiger partial charge is 0.496 e. The molecular weight excluding hydrogens is 336 g/mol. The fourth-order valence-corrected chi connectivity index (χ4v) is 3.80. The number of allylic oxidation sites excluding steroid dienone is 1. The molecule has 0 spiro atoms. The maximum absolute atomic E-state index is 9.70. The van der Waals surface area contributed by atoms with Crippen LogP contribution in [0.15, 0.2) is 53.2 Å². The quantitative estimate of drug-likeness (QED) is 0.755. The van der Waals surface area contributed by atoms with Gasteiger partial charge in [0.05, 0.1) is 29.2 Å². The number of hydrogen-bond acceptors (Lipinski definition) is 6. The molecule has 3 heterocycles. The second kappa shape index (κ2) is 6.00. The maximum atomic E-state index is 9.70. The third-order valence-corrected chi connectivity index (χ3v) is 5.04. The number of ether oxygens (including phenoxy) is 2. The van der Waals surface area contributed by atoms with Gasteiger partial charge in [-0.05, 0) is 17.5 Å². The van der Waals surface area contributed by atoms with Gasteiger partial charge in [0.25, 0.3) is 0 Å². The lowest BCUT2D eigenvalue weighted by Gasteiger charge is -2.25. The van der Waals surface area contributed by atoms with E-state index in [4.69, 9.17) is 15.2 Å². The molecule has 4 rings (SSSR count). The minimum absolute atomic E-state index is 0.0649. The molecule has 0 fully saturated rings. The van der Waals surface area contributed by atoms with Crippen LogP contribution in [-0.4, -0.2) is 17.3 Å². The van der Waals surface area contributed by atoms with Crippen LogP contribution < -0.4 is 15.2 Å². The Hall–Kier alpha value is -3.24. The van der Waals surface area contributed by atoms with E-state index in [1.807, 2.05) is 41.8 Å². The number of nitrogens with two attached hydrogens (primary N) is 1. The number of benzene rings is 1. The van der Waals surface area contributed by atoms with Gasteiger partial charge in [-0.1, -0.05) is 24.3 Å². The number of H-pyrrole nitrogens is 1. The number of nitriles is 1. The normalized spacial score (nSPS) is 16.1. The molecule has 1 atom stereocenters. The van der Waals surface area contributed by atoms with Crippen molar-refractivity contribution in [1.29, 1.82) is 5.26 Å². The first-order chi connectivity index (χ1) is 12.2. The number of methoxy groups -OCH3 is 1. The molecule has 124 valence electrons. The van der Waals surface area contributed by atoms with Crippen molar-refractivity contribution < 1.29 is 9.47 Å². The van der Waals surface area contributed by atoms with Gasteiger partial charge in [0.2, 0.25) is 11.8 Å². The first-order valence-electron chi connectivity index (χ1n) is 7.57. The number of aromatic nitrogens is 2. The van der Waals surface area contributed by atoms with E-state index in [1.165, 1.54) is 0 Å². The van der Waals surface area contributed by atoms with Crippen molar-refractivity contribution in [3.05, 3.63) is 64.4 Å². The summed E-state index contributed by atoms with van der Waals surface area (Å²) >= 11 is 1.58. The summed E-state index contributed by atoms with van der Waals surface area (Å²) in [6.07, 6.45) is 0. The van der Waals surface area contributed by atoms with Crippen LogP contribution in [0.5, 0.6) is 11.6 Å². The van der Waals surface area contributed by atoms with Crippen LogP contribution >= 0.6 is 11.3 Å². The summed E-state index contributed by atoms with van der Waals surface area (Å²) in [6, 6.07) is 13.7. The van der Waals surface area contributed by atoms with Crippen LogP contribution in [0, 0.1) is 11.3 Å². The summed E-state index contributed by atoms with van der Waals surface area (Å²) in [6.45, 7) is 0. The molecule has 0 radical (unpaired) electrons. The van der Waals surface area contributed by atoms with Crippen molar-refractivity contribution in [2.24, 2.45) is 5.73 Å². The number of rotatable bonds is 3. The Morgan fingerprint density at radius 3 is 2.88 bits per heavy atom. The van der Waals surface area contributed by atoms with Gasteiger partial charge in [-0.2, -0.15) is 5.26 Å². The van der Waals surface area contributed by atoms with E-state index in [9.17, 15) is 5.26 Å². The second-order valence-corrected chi connectivity index (χ2v) is 6.41. The lowest BCUT2D eigenvalue weighted by molar-refractivity contribution is 0.375. The molecular formula is C18H14N4O2S. The summed E-state index contributed by atoms with van der Waals surface area (Å²) in [5, 5.41) is 19.0. The highest BCUT2D eigenvalue weighted by Gasteiger charge is 2.37. The molecule has 25 heavy (non-hydrogen) atoms. The SMILES string of the molecule is COc1ccccc1[C@H]1C(C#N)=C(N)Oc2n[nH]c(-c3cccs3)c21. The molecule has 2 aromatic heterocycles. The fraction of sp³-hybridized carbons (Fsp3) is 0.111. The third-order valence-electron chi connectivity index (χ3n) is 4.16. The first kappa shape index (κ1) is 15.3. The fourth-order valence-electron chi connectivity index (χ4n) is 3.07. The van der Waals surface area contributed by atoms with Gasteiger partial charge < -0.3 is 15.2 Å². The van der Waals surface area contributed by atoms with Crippen molar-refractivity contribution in [3.8, 4) is 28.3 Å². The van der Waals surface area contributed by atoms with Crippen molar-refractivity contribution in [1.82, 2.24) is 10.2 Å². The predicted octanol–water partition coefficient (Wildman–Crippen LogP) is 3.36. The Morgan fingerprint density at radius 2 is 2.16 bits per heavy atom. The van der Waals surface area contributed by atoms with Crippen LogP contribution in [0.25, 0.3) is 10.6 Å². The molecule has 0 saturated heterocycles. The third kappa shape index (κ3) is 2.35. The van der Waals surface area contributed by atoms with E-state index in [0.717, 1.165) is 21.7 Å². The summed E-state index contributed by atoms with van der Waals surface area (Å²) in [7, 11) is 1.60.